The van der Waals surface area contributed by atoms with Crippen molar-refractivity contribution in [2.24, 2.45) is 0 Å². The molecule has 24 heavy (non-hydrogen) atoms. The van der Waals surface area contributed by atoms with Gasteiger partial charge in [-0.1, -0.05) is 6.07 Å². The van der Waals surface area contributed by atoms with E-state index in [1.54, 1.807) is 36.9 Å². The van der Waals surface area contributed by atoms with E-state index in [0.29, 0.717) is 17.9 Å². The number of thioether (sulfide) groups is 1. The summed E-state index contributed by atoms with van der Waals surface area (Å²) >= 11 is 1.61. The van der Waals surface area contributed by atoms with Gasteiger partial charge in [0.25, 0.3) is 0 Å². The Morgan fingerprint density at radius 1 is 1.25 bits per heavy atom. The summed E-state index contributed by atoms with van der Waals surface area (Å²) in [6.07, 6.45) is 2.48. The minimum absolute atomic E-state index is 0.0316. The van der Waals surface area contributed by atoms with Gasteiger partial charge in [-0.15, -0.1) is 0 Å². The van der Waals surface area contributed by atoms with Gasteiger partial charge in [0.05, 0.1) is 5.60 Å². The molecule has 3 N–H and O–H groups in total. The summed E-state index contributed by atoms with van der Waals surface area (Å²) in [7, 11) is 0. The van der Waals surface area contributed by atoms with Crippen LogP contribution < -0.4 is 20.1 Å². The molecule has 0 spiro atoms. The summed E-state index contributed by atoms with van der Waals surface area (Å²) in [5.41, 5.74) is -0.233. The van der Waals surface area contributed by atoms with Gasteiger partial charge in [-0.25, -0.2) is 0 Å². The van der Waals surface area contributed by atoms with E-state index < -0.39 is 17.4 Å². The van der Waals surface area contributed by atoms with Crippen molar-refractivity contribution in [2.45, 2.75) is 25.5 Å². The number of nitrogens with one attached hydrogen (secondary N) is 2. The largest absolute Gasteiger partial charge is 0.454 e. The van der Waals surface area contributed by atoms with Crippen molar-refractivity contribution < 1.29 is 24.2 Å². The molecule has 0 aromatic heterocycles. The van der Waals surface area contributed by atoms with E-state index in [4.69, 9.17) is 9.47 Å². The Hall–Kier alpha value is -1.93. The highest BCUT2D eigenvalue weighted by Gasteiger charge is 2.23. The Morgan fingerprint density at radius 2 is 1.96 bits per heavy atom. The first kappa shape index (κ1) is 18.4. The lowest BCUT2D eigenvalue weighted by atomic mass is 10.0. The van der Waals surface area contributed by atoms with Crippen LogP contribution in [-0.4, -0.2) is 47.9 Å². The maximum Gasteiger partial charge on any atom is 0.309 e. The Morgan fingerprint density at radius 3 is 2.71 bits per heavy atom. The van der Waals surface area contributed by atoms with Crippen LogP contribution in [-0.2, 0) is 16.1 Å². The van der Waals surface area contributed by atoms with Crippen LogP contribution in [0, 0.1) is 0 Å². The topological polar surface area (TPSA) is 96.9 Å². The van der Waals surface area contributed by atoms with E-state index >= 15 is 0 Å². The summed E-state index contributed by atoms with van der Waals surface area (Å²) < 4.78 is 10.5. The molecular weight excluding hydrogens is 332 g/mol. The van der Waals surface area contributed by atoms with Gasteiger partial charge >= 0.3 is 11.8 Å². The molecule has 1 atom stereocenters. The number of hydrogen-bond donors (Lipinski definition) is 3. The normalized spacial score (nSPS) is 14.8. The quantitative estimate of drug-likeness (QED) is 0.622. The molecular formula is C16H22N2O5S. The van der Waals surface area contributed by atoms with Crippen molar-refractivity contribution in [3.63, 3.8) is 0 Å². The first-order valence-electron chi connectivity index (χ1n) is 7.57. The van der Waals surface area contributed by atoms with Crippen LogP contribution in [0.4, 0.5) is 0 Å². The number of carbonyl (C=O) groups excluding carboxylic acids is 2. The van der Waals surface area contributed by atoms with Crippen LogP contribution in [0.25, 0.3) is 0 Å². The Balaban J connectivity index is 1.76. The monoisotopic (exact) mass is 354 g/mol. The zero-order valence-electron chi connectivity index (χ0n) is 13.8. The number of fused-ring (bicyclic) bond motifs is 1. The number of ether oxygens (including phenoxy) is 2. The maximum absolute atomic E-state index is 11.8. The molecule has 1 aliphatic heterocycles. The van der Waals surface area contributed by atoms with Crippen molar-refractivity contribution in [3.8, 4) is 11.5 Å². The van der Waals surface area contributed by atoms with Gasteiger partial charge in [0.2, 0.25) is 6.79 Å². The molecule has 1 heterocycles. The van der Waals surface area contributed by atoms with Gasteiger partial charge in [0.15, 0.2) is 11.5 Å². The Kier molecular flexibility index (Phi) is 6.33. The summed E-state index contributed by atoms with van der Waals surface area (Å²) in [6.45, 7) is 2.05. The van der Waals surface area contributed by atoms with Gasteiger partial charge in [-0.2, -0.15) is 11.8 Å². The lowest BCUT2D eigenvalue weighted by Gasteiger charge is -2.23. The van der Waals surface area contributed by atoms with Crippen LogP contribution in [0.5, 0.6) is 11.5 Å². The van der Waals surface area contributed by atoms with Gasteiger partial charge in [-0.3, -0.25) is 9.59 Å². The molecule has 1 aliphatic rings. The van der Waals surface area contributed by atoms with Crippen molar-refractivity contribution >= 4 is 23.6 Å². The molecule has 2 amide bonds. The van der Waals surface area contributed by atoms with Crippen molar-refractivity contribution in [3.05, 3.63) is 23.8 Å². The zero-order valence-corrected chi connectivity index (χ0v) is 14.6. The Bertz CT molecular complexity index is 606. The number of carbonyl (C=O) groups is 2. The fourth-order valence-corrected chi connectivity index (χ4v) is 2.72. The summed E-state index contributed by atoms with van der Waals surface area (Å²) in [5.74, 6) is 0.555. The predicted octanol–water partition coefficient (Wildman–Crippen LogP) is 0.652. The second kappa shape index (κ2) is 8.25. The van der Waals surface area contributed by atoms with Crippen LogP contribution in [0.2, 0.25) is 0 Å². The average molecular weight is 354 g/mol. The molecule has 2 rings (SSSR count). The second-order valence-electron chi connectivity index (χ2n) is 5.79. The lowest BCUT2D eigenvalue weighted by molar-refractivity contribution is -0.139. The Labute approximate surface area is 145 Å². The molecule has 1 aromatic rings. The van der Waals surface area contributed by atoms with Crippen molar-refractivity contribution in [1.29, 1.82) is 0 Å². The molecule has 7 nitrogen and oxygen atoms in total. The zero-order chi connectivity index (χ0) is 17.6. The summed E-state index contributed by atoms with van der Waals surface area (Å²) in [5, 5.41) is 15.1. The highest BCUT2D eigenvalue weighted by molar-refractivity contribution is 7.98. The molecule has 0 aliphatic carbocycles. The maximum atomic E-state index is 11.8. The average Bonchev–Trinajstić information content (AvgIpc) is 3.03. The fourth-order valence-electron chi connectivity index (χ4n) is 2.07. The SMILES string of the molecule is CSCC[C@](C)(O)CNC(=O)C(=O)NCc1ccc2c(c1)OCO2. The van der Waals surface area contributed by atoms with Gasteiger partial charge < -0.3 is 25.2 Å². The number of amides is 2. The standard InChI is InChI=1S/C16H22N2O5S/c1-16(21,5-6-24-2)9-18-15(20)14(19)17-8-11-3-4-12-13(7-11)23-10-22-12/h3-4,7,21H,5-6,8-10H2,1-2H3,(H,17,19)(H,18,20)/t16-/m0/s1. The number of benzene rings is 1. The van der Waals surface area contributed by atoms with Crippen LogP contribution in [0.3, 0.4) is 0 Å². The van der Waals surface area contributed by atoms with Crippen LogP contribution >= 0.6 is 11.8 Å². The van der Waals surface area contributed by atoms with E-state index in [-0.39, 0.29) is 19.9 Å². The number of hydrogen-bond acceptors (Lipinski definition) is 6. The minimum Gasteiger partial charge on any atom is -0.454 e. The minimum atomic E-state index is -1.03. The van der Waals surface area contributed by atoms with Crippen molar-refractivity contribution in [2.75, 3.05) is 25.3 Å². The summed E-state index contributed by atoms with van der Waals surface area (Å²) in [4.78, 5) is 23.6. The van der Waals surface area contributed by atoms with E-state index in [2.05, 4.69) is 10.6 Å². The molecule has 0 fully saturated rings. The van der Waals surface area contributed by atoms with Crippen molar-refractivity contribution in [1.82, 2.24) is 10.6 Å². The highest BCUT2D eigenvalue weighted by atomic mass is 32.2. The predicted molar refractivity (Wildman–Crippen MR) is 91.0 cm³/mol. The molecule has 0 saturated heterocycles. The van der Waals surface area contributed by atoms with E-state index in [1.807, 2.05) is 6.26 Å². The highest BCUT2D eigenvalue weighted by Crippen LogP contribution is 2.32. The van der Waals surface area contributed by atoms with Crippen LogP contribution in [0.1, 0.15) is 18.9 Å². The second-order valence-corrected chi connectivity index (χ2v) is 6.78. The number of rotatable bonds is 7. The van der Waals surface area contributed by atoms with Crippen LogP contribution in [0.15, 0.2) is 18.2 Å². The third-order valence-corrected chi connectivity index (χ3v) is 4.18. The first-order valence-corrected chi connectivity index (χ1v) is 8.96. The summed E-state index contributed by atoms with van der Waals surface area (Å²) in [6, 6.07) is 5.31. The number of aliphatic hydroxyl groups is 1. The third kappa shape index (κ3) is 5.31. The van der Waals surface area contributed by atoms with Gasteiger partial charge in [0, 0.05) is 13.1 Å². The van der Waals surface area contributed by atoms with E-state index in [1.165, 1.54) is 0 Å². The molecule has 0 saturated carbocycles. The van der Waals surface area contributed by atoms with E-state index in [0.717, 1.165) is 11.3 Å². The smallest absolute Gasteiger partial charge is 0.309 e. The van der Waals surface area contributed by atoms with Gasteiger partial charge in [-0.05, 0) is 43.0 Å². The molecule has 0 unspecified atom stereocenters. The molecule has 0 bridgehead atoms. The molecule has 1 aromatic carbocycles. The van der Waals surface area contributed by atoms with Gasteiger partial charge in [0.1, 0.15) is 0 Å². The lowest BCUT2D eigenvalue weighted by Crippen LogP contribution is -2.46. The van der Waals surface area contributed by atoms with E-state index in [9.17, 15) is 14.7 Å². The third-order valence-electron chi connectivity index (χ3n) is 3.57. The fraction of sp³-hybridized carbons (Fsp3) is 0.500. The molecule has 8 heteroatoms. The molecule has 0 radical (unpaired) electrons. The molecule has 132 valence electrons. The first-order chi connectivity index (χ1) is 11.4.